The van der Waals surface area contributed by atoms with Crippen LogP contribution in [0.5, 0.6) is 0 Å². The lowest BCUT2D eigenvalue weighted by Crippen LogP contribution is -2.67. The molecule has 0 radical (unpaired) electrons. The number of aliphatic hydroxyl groups excluding tert-OH is 8. The first-order chi connectivity index (χ1) is 26.2. The molecular formula is C41H62O15. The van der Waals surface area contributed by atoms with Crippen LogP contribution in [-0.2, 0) is 28.5 Å². The molecule has 5 aliphatic carbocycles. The third-order valence-corrected chi connectivity index (χ3v) is 16.7. The zero-order valence-electron chi connectivity index (χ0n) is 32.8. The smallest absolute Gasteiger partial charge is 0.335 e. The molecule has 2 saturated heterocycles. The number of carbonyl (C=O) groups excluding carboxylic acids is 1. The number of carboxylic acid groups (broad SMARTS) is 1. The van der Waals surface area contributed by atoms with Gasteiger partial charge in [0, 0.05) is 11.3 Å². The predicted molar refractivity (Wildman–Crippen MR) is 195 cm³/mol. The first-order valence-corrected chi connectivity index (χ1v) is 20.3. The van der Waals surface area contributed by atoms with Crippen LogP contribution in [0.15, 0.2) is 23.8 Å². The van der Waals surface area contributed by atoms with Crippen LogP contribution >= 0.6 is 0 Å². The molecule has 7 rings (SSSR count). The molecule has 4 saturated carbocycles. The molecule has 15 heteroatoms. The maximum Gasteiger partial charge on any atom is 0.335 e. The second kappa shape index (κ2) is 14.6. The minimum atomic E-state index is -1.84. The molecule has 0 aromatic heterocycles. The van der Waals surface area contributed by atoms with Crippen molar-refractivity contribution >= 4 is 11.9 Å². The second-order valence-corrected chi connectivity index (χ2v) is 19.1. The highest BCUT2D eigenvalue weighted by Gasteiger charge is 2.70. The third-order valence-electron chi connectivity index (χ3n) is 16.7. The Morgan fingerprint density at radius 2 is 1.50 bits per heavy atom. The number of hydrogen-bond acceptors (Lipinski definition) is 14. The van der Waals surface area contributed by atoms with Crippen molar-refractivity contribution in [2.45, 2.75) is 159 Å². The van der Waals surface area contributed by atoms with Gasteiger partial charge in [-0.05, 0) is 92.3 Å². The maximum absolute atomic E-state index is 14.4. The van der Waals surface area contributed by atoms with Gasteiger partial charge in [-0.2, -0.15) is 0 Å². The van der Waals surface area contributed by atoms with Crippen molar-refractivity contribution in [1.82, 2.24) is 0 Å². The molecule has 56 heavy (non-hydrogen) atoms. The summed E-state index contributed by atoms with van der Waals surface area (Å²) in [6, 6.07) is 0. The second-order valence-electron chi connectivity index (χ2n) is 19.1. The number of carbonyl (C=O) groups is 2. The number of aliphatic hydroxyl groups is 8. The van der Waals surface area contributed by atoms with Crippen molar-refractivity contribution in [2.24, 2.45) is 44.8 Å². The standard InChI is InChI=1S/C41H62O15/c1-19-8-13-41(36(52)56-34-30(48)27(45)26(44)22(17-42)53-34)15-14-39(4)20(21(41)16-19)6-7-24-37(2)11-10-25(38(3,18-43)23(37)9-12-40(24,39)5)54-35-31(49)28(46)29(47)32(55-35)33(50)51/h6,21-32,34-35,42-49H,1,7-18H2,2-5H3,(H,50,51)/t21?,22-,23?,24?,25+,26-,27+,28+,29+,30-,31-,32+,34+,35-,37+,38?,39-,40-,41+/m1/s1. The van der Waals surface area contributed by atoms with Gasteiger partial charge in [0.2, 0.25) is 6.29 Å². The lowest BCUT2D eigenvalue weighted by Gasteiger charge is -2.71. The Labute approximate surface area is 327 Å². The number of allylic oxidation sites excluding steroid dienone is 3. The molecule has 2 aliphatic heterocycles. The van der Waals surface area contributed by atoms with Crippen LogP contribution in [0.3, 0.4) is 0 Å². The van der Waals surface area contributed by atoms with Crippen molar-refractivity contribution in [2.75, 3.05) is 13.2 Å². The van der Waals surface area contributed by atoms with Gasteiger partial charge in [0.05, 0.1) is 24.7 Å². The minimum Gasteiger partial charge on any atom is -0.479 e. The van der Waals surface area contributed by atoms with Crippen molar-refractivity contribution < 1.29 is 74.5 Å². The highest BCUT2D eigenvalue weighted by Crippen LogP contribution is 2.75. The number of ether oxygens (including phenoxy) is 4. The molecule has 0 aromatic carbocycles. The molecule has 0 spiro atoms. The third kappa shape index (κ3) is 6.01. The average molecular weight is 795 g/mol. The summed E-state index contributed by atoms with van der Waals surface area (Å²) in [5.74, 6) is -2.11. The summed E-state index contributed by atoms with van der Waals surface area (Å²) in [7, 11) is 0. The van der Waals surface area contributed by atoms with Gasteiger partial charge in [-0.25, -0.2) is 4.79 Å². The number of rotatable bonds is 7. The molecular weight excluding hydrogens is 732 g/mol. The lowest BCUT2D eigenvalue weighted by molar-refractivity contribution is -0.327. The van der Waals surface area contributed by atoms with E-state index in [1.807, 2.05) is 6.92 Å². The summed E-state index contributed by atoms with van der Waals surface area (Å²) < 4.78 is 23.3. The van der Waals surface area contributed by atoms with E-state index < -0.39 is 96.9 Å². The number of hydrogen-bond donors (Lipinski definition) is 9. The first kappa shape index (κ1) is 42.1. The number of aliphatic carboxylic acids is 1. The highest BCUT2D eigenvalue weighted by atomic mass is 16.7. The quantitative estimate of drug-likeness (QED) is 0.0987. The normalized spacial score (nSPS) is 53.1. The van der Waals surface area contributed by atoms with Crippen LogP contribution in [-0.4, -0.2) is 139 Å². The monoisotopic (exact) mass is 794 g/mol. The Balaban J connectivity index is 1.16. The lowest BCUT2D eigenvalue weighted by atomic mass is 9.34. The Morgan fingerprint density at radius 1 is 0.821 bits per heavy atom. The minimum absolute atomic E-state index is 0.0347. The van der Waals surface area contributed by atoms with Gasteiger partial charge in [-0.15, -0.1) is 0 Å². The topological polar surface area (TPSA) is 253 Å². The number of esters is 1. The van der Waals surface area contributed by atoms with Gasteiger partial charge < -0.3 is 64.9 Å². The molecule has 15 nitrogen and oxygen atoms in total. The van der Waals surface area contributed by atoms with Crippen molar-refractivity contribution in [3.05, 3.63) is 23.8 Å². The molecule has 19 atom stereocenters. The van der Waals surface area contributed by atoms with E-state index >= 15 is 0 Å². The van der Waals surface area contributed by atoms with E-state index in [-0.39, 0.29) is 40.6 Å². The van der Waals surface area contributed by atoms with Gasteiger partial charge in [-0.1, -0.05) is 51.5 Å². The molecule has 316 valence electrons. The largest absolute Gasteiger partial charge is 0.479 e. The first-order valence-electron chi connectivity index (χ1n) is 20.3. The van der Waals surface area contributed by atoms with Gasteiger partial charge in [0.1, 0.15) is 42.7 Å². The molecule has 4 unspecified atom stereocenters. The Morgan fingerprint density at radius 3 is 2.16 bits per heavy atom. The van der Waals surface area contributed by atoms with E-state index in [4.69, 9.17) is 18.9 Å². The van der Waals surface area contributed by atoms with Crippen molar-refractivity contribution in [1.29, 1.82) is 0 Å². The Kier molecular flexibility index (Phi) is 11.0. The molecule has 0 amide bonds. The highest BCUT2D eigenvalue weighted by molar-refractivity contribution is 5.79. The summed E-state index contributed by atoms with van der Waals surface area (Å²) in [6.45, 7) is 12.4. The van der Waals surface area contributed by atoms with Crippen LogP contribution in [0.4, 0.5) is 0 Å². The van der Waals surface area contributed by atoms with Crippen LogP contribution < -0.4 is 0 Å². The summed E-state index contributed by atoms with van der Waals surface area (Å²) >= 11 is 0. The maximum atomic E-state index is 14.4. The zero-order chi connectivity index (χ0) is 40.9. The molecule has 9 N–H and O–H groups in total. The summed E-state index contributed by atoms with van der Waals surface area (Å²) in [4.78, 5) is 26.2. The van der Waals surface area contributed by atoms with E-state index in [0.29, 0.717) is 44.9 Å². The fourth-order valence-electron chi connectivity index (χ4n) is 13.1. The SMILES string of the molecule is C=C1CC[C@]2(C(=O)O[C@@H]3O[C@H](CO)[C@@H](O)[C@H](O)[C@H]3O)CC[C@]3(C)C(=CCC4[C@@]5(C)CC[C@H](O[C@@H]6O[C@H](C(=O)O)[C@@H](O)[C@H](O)[C@H]6O)C(C)(CO)C5CC[C@]43C)C2C1. The summed E-state index contributed by atoms with van der Waals surface area (Å²) in [6.07, 6.45) is -8.27. The Bertz CT molecular complexity index is 1580. The molecule has 6 fully saturated rings. The van der Waals surface area contributed by atoms with Gasteiger partial charge >= 0.3 is 11.9 Å². The zero-order valence-corrected chi connectivity index (χ0v) is 32.8. The van der Waals surface area contributed by atoms with Gasteiger partial charge in [0.15, 0.2) is 12.4 Å². The van der Waals surface area contributed by atoms with E-state index in [2.05, 4.69) is 33.4 Å². The van der Waals surface area contributed by atoms with Crippen molar-refractivity contribution in [3.8, 4) is 0 Å². The number of carboxylic acids is 1. The Hall–Kier alpha value is -2.02. The van der Waals surface area contributed by atoms with E-state index in [9.17, 15) is 55.5 Å². The predicted octanol–water partition coefficient (Wildman–Crippen LogP) is 0.911. The van der Waals surface area contributed by atoms with E-state index in [1.54, 1.807) is 0 Å². The van der Waals surface area contributed by atoms with E-state index in [1.165, 1.54) is 5.57 Å². The molecule has 7 aliphatic rings. The summed E-state index contributed by atoms with van der Waals surface area (Å²) in [5, 5.41) is 93.3. The van der Waals surface area contributed by atoms with Gasteiger partial charge in [0.25, 0.3) is 0 Å². The van der Waals surface area contributed by atoms with Crippen molar-refractivity contribution in [3.63, 3.8) is 0 Å². The average Bonchev–Trinajstić information content (AvgIpc) is 3.16. The summed E-state index contributed by atoms with van der Waals surface area (Å²) in [5.41, 5.74) is -0.307. The fourth-order valence-corrected chi connectivity index (χ4v) is 13.1. The van der Waals surface area contributed by atoms with Crippen LogP contribution in [0.2, 0.25) is 0 Å². The molecule has 0 bridgehead atoms. The molecule has 0 aromatic rings. The molecule has 2 heterocycles. The van der Waals surface area contributed by atoms with Crippen LogP contribution in [0, 0.1) is 44.8 Å². The van der Waals surface area contributed by atoms with E-state index in [0.717, 1.165) is 24.8 Å². The fraction of sp³-hybridized carbons (Fsp3) is 0.854. The number of fused-ring (bicyclic) bond motifs is 7. The van der Waals surface area contributed by atoms with Gasteiger partial charge in [-0.3, -0.25) is 4.79 Å². The van der Waals surface area contributed by atoms with Crippen LogP contribution in [0.25, 0.3) is 0 Å². The van der Waals surface area contributed by atoms with Crippen LogP contribution in [0.1, 0.15) is 91.9 Å².